The molecule has 0 aromatic carbocycles. The number of fused-ring (bicyclic) bond motifs is 1. The summed E-state index contributed by atoms with van der Waals surface area (Å²) in [5.74, 6) is 0.208. The van der Waals surface area contributed by atoms with E-state index in [0.29, 0.717) is 0 Å². The second kappa shape index (κ2) is 1.66. The molecule has 0 fully saturated rings. The lowest BCUT2D eigenvalue weighted by Crippen LogP contribution is -2.10. The summed E-state index contributed by atoms with van der Waals surface area (Å²) in [7, 11) is 0. The van der Waals surface area contributed by atoms with Crippen LogP contribution in [0, 0.1) is 6.20 Å². The molecule has 2 aromatic heterocycles. The van der Waals surface area contributed by atoms with Crippen LogP contribution in [0.4, 0.5) is 0 Å². The minimum Gasteiger partial charge on any atom is -0.431 e. The second-order valence-electron chi connectivity index (χ2n) is 1.66. The lowest BCUT2D eigenvalue weighted by molar-refractivity contribution is 0.587. The summed E-state index contributed by atoms with van der Waals surface area (Å²) in [6.07, 6.45) is 5.24. The Balaban J connectivity index is 2.99. The zero-order valence-electron chi connectivity index (χ0n) is 4.81. The summed E-state index contributed by atoms with van der Waals surface area (Å²) in [5.41, 5.74) is -0.552. The van der Waals surface area contributed by atoms with E-state index < -0.39 is 5.69 Å². The smallest absolute Gasteiger partial charge is 0.373 e. The Morgan fingerprint density at radius 2 is 2.60 bits per heavy atom. The maximum Gasteiger partial charge on any atom is 0.373 e. The fourth-order valence-electron chi connectivity index (χ4n) is 0.629. The quantitative estimate of drug-likeness (QED) is 0.489. The molecule has 5 heteroatoms. The molecular formula is C5H2N3O2. The van der Waals surface area contributed by atoms with Crippen molar-refractivity contribution in [3.8, 4) is 0 Å². The maximum atomic E-state index is 10.5. The Kier molecular flexibility index (Phi) is 0.858. The van der Waals surface area contributed by atoms with Gasteiger partial charge in [0, 0.05) is 0 Å². The van der Waals surface area contributed by atoms with Crippen molar-refractivity contribution in [3.63, 3.8) is 0 Å². The summed E-state index contributed by atoms with van der Waals surface area (Å²) in [6, 6.07) is 0. The molecule has 10 heavy (non-hydrogen) atoms. The molecule has 0 amide bonds. The molecule has 0 saturated heterocycles. The van der Waals surface area contributed by atoms with Crippen molar-refractivity contribution in [2.24, 2.45) is 0 Å². The highest BCUT2D eigenvalue weighted by Crippen LogP contribution is 1.92. The molecule has 0 aliphatic carbocycles. The first-order valence-electron chi connectivity index (χ1n) is 2.57. The molecule has 1 radical (unpaired) electrons. The van der Waals surface area contributed by atoms with E-state index in [9.17, 15) is 4.79 Å². The Labute approximate surface area is 55.0 Å². The highest BCUT2D eigenvalue weighted by molar-refractivity contribution is 5.17. The minimum atomic E-state index is -0.552. The summed E-state index contributed by atoms with van der Waals surface area (Å²) in [6.45, 7) is 0. The van der Waals surface area contributed by atoms with Crippen LogP contribution in [0.25, 0.3) is 5.84 Å². The van der Waals surface area contributed by atoms with Gasteiger partial charge in [0.25, 0.3) is 0 Å². The summed E-state index contributed by atoms with van der Waals surface area (Å²) in [5, 5.41) is 0. The van der Waals surface area contributed by atoms with Gasteiger partial charge in [0.05, 0.1) is 0 Å². The molecule has 49 valence electrons. The van der Waals surface area contributed by atoms with Gasteiger partial charge in [-0.1, -0.05) is 0 Å². The van der Waals surface area contributed by atoms with Crippen molar-refractivity contribution in [3.05, 3.63) is 29.3 Å². The van der Waals surface area contributed by atoms with E-state index in [-0.39, 0.29) is 5.84 Å². The van der Waals surface area contributed by atoms with Gasteiger partial charge < -0.3 is 4.42 Å². The molecule has 0 saturated carbocycles. The molecule has 0 N–H and O–H groups in total. The van der Waals surface area contributed by atoms with Crippen molar-refractivity contribution in [2.75, 3.05) is 0 Å². The topological polar surface area (TPSA) is 60.4 Å². The van der Waals surface area contributed by atoms with Gasteiger partial charge in [0.15, 0.2) is 0 Å². The van der Waals surface area contributed by atoms with Crippen molar-refractivity contribution in [2.45, 2.75) is 0 Å². The monoisotopic (exact) mass is 136 g/mol. The third-order valence-corrected chi connectivity index (χ3v) is 1.04. The molecule has 5 nitrogen and oxygen atoms in total. The Morgan fingerprint density at radius 3 is 3.50 bits per heavy atom. The van der Waals surface area contributed by atoms with Crippen molar-refractivity contribution >= 4 is 5.84 Å². The normalized spacial score (nSPS) is 10.4. The third-order valence-electron chi connectivity index (χ3n) is 1.04. The van der Waals surface area contributed by atoms with Gasteiger partial charge in [-0.25, -0.2) is 9.20 Å². The lowest BCUT2D eigenvalue weighted by atomic mass is 10.9. The second-order valence-corrected chi connectivity index (χ2v) is 1.66. The van der Waals surface area contributed by atoms with Crippen molar-refractivity contribution < 1.29 is 4.42 Å². The van der Waals surface area contributed by atoms with E-state index in [2.05, 4.69) is 16.2 Å². The van der Waals surface area contributed by atoms with Gasteiger partial charge in [-0.2, -0.15) is 4.98 Å². The van der Waals surface area contributed by atoms with E-state index in [1.54, 1.807) is 0 Å². The standard InChI is InChI=1S/C5H2N3O2/c9-4-6-3-8-1-2-10-5(8)7-4/h2-3H. The summed E-state index contributed by atoms with van der Waals surface area (Å²) >= 11 is 0. The molecule has 0 aliphatic heterocycles. The Bertz CT molecular complexity index is 402. The third kappa shape index (κ3) is 0.604. The van der Waals surface area contributed by atoms with Crippen LogP contribution in [0.2, 0.25) is 0 Å². The first-order valence-corrected chi connectivity index (χ1v) is 2.57. The van der Waals surface area contributed by atoms with Crippen LogP contribution in [0.5, 0.6) is 0 Å². The molecule has 0 atom stereocenters. The molecule has 0 aliphatic rings. The van der Waals surface area contributed by atoms with E-state index in [1.165, 1.54) is 17.0 Å². The van der Waals surface area contributed by atoms with Crippen molar-refractivity contribution in [1.29, 1.82) is 0 Å². The predicted octanol–water partition coefficient (Wildman–Crippen LogP) is -0.517. The SMILES string of the molecule is O=c1ncn2[c]coc2n1. The highest BCUT2D eigenvalue weighted by Gasteiger charge is 1.95. The maximum absolute atomic E-state index is 10.5. The number of rotatable bonds is 0. The minimum absolute atomic E-state index is 0.208. The summed E-state index contributed by atoms with van der Waals surface area (Å²) < 4.78 is 6.15. The molecular weight excluding hydrogens is 134 g/mol. The molecule has 0 bridgehead atoms. The molecule has 2 heterocycles. The molecule has 0 unspecified atom stereocenters. The van der Waals surface area contributed by atoms with Gasteiger partial charge in [-0.3, -0.25) is 0 Å². The average Bonchev–Trinajstić information content (AvgIpc) is 2.33. The largest absolute Gasteiger partial charge is 0.431 e. The van der Waals surface area contributed by atoms with Gasteiger partial charge in [0.1, 0.15) is 18.8 Å². The van der Waals surface area contributed by atoms with Crippen molar-refractivity contribution in [1.82, 2.24) is 14.4 Å². The first-order chi connectivity index (χ1) is 4.86. The van der Waals surface area contributed by atoms with Crippen LogP contribution >= 0.6 is 0 Å². The Hall–Kier alpha value is -1.65. The van der Waals surface area contributed by atoms with Crippen LogP contribution in [-0.2, 0) is 0 Å². The van der Waals surface area contributed by atoms with Crippen LogP contribution in [0.1, 0.15) is 0 Å². The predicted molar refractivity (Wildman–Crippen MR) is 30.4 cm³/mol. The lowest BCUT2D eigenvalue weighted by Gasteiger charge is -1.82. The molecule has 2 rings (SSSR count). The molecule has 0 spiro atoms. The fourth-order valence-corrected chi connectivity index (χ4v) is 0.629. The number of aromatic nitrogens is 3. The van der Waals surface area contributed by atoms with E-state index in [0.717, 1.165) is 0 Å². The van der Waals surface area contributed by atoms with Gasteiger partial charge in [-0.15, -0.1) is 4.98 Å². The van der Waals surface area contributed by atoms with E-state index in [1.807, 2.05) is 0 Å². The summed E-state index contributed by atoms with van der Waals surface area (Å²) in [4.78, 5) is 17.3. The van der Waals surface area contributed by atoms with E-state index >= 15 is 0 Å². The van der Waals surface area contributed by atoms with Gasteiger partial charge in [-0.05, 0) is 0 Å². The van der Waals surface area contributed by atoms with Gasteiger partial charge in [0.2, 0.25) is 0 Å². The van der Waals surface area contributed by atoms with Crippen LogP contribution in [-0.4, -0.2) is 14.4 Å². The molecule has 2 aromatic rings. The number of hydrogen-bond donors (Lipinski definition) is 0. The zero-order valence-corrected chi connectivity index (χ0v) is 4.81. The number of oxazole rings is 1. The van der Waals surface area contributed by atoms with Crippen LogP contribution < -0.4 is 5.69 Å². The first kappa shape index (κ1) is 5.16. The van der Waals surface area contributed by atoms with Gasteiger partial charge >= 0.3 is 11.5 Å². The zero-order chi connectivity index (χ0) is 6.97. The number of hydrogen-bond acceptors (Lipinski definition) is 4. The fraction of sp³-hybridized carbons (Fsp3) is 0. The highest BCUT2D eigenvalue weighted by atomic mass is 16.3. The van der Waals surface area contributed by atoms with E-state index in [4.69, 9.17) is 4.42 Å². The van der Waals surface area contributed by atoms with Crippen LogP contribution in [0.3, 0.4) is 0 Å². The van der Waals surface area contributed by atoms with Crippen LogP contribution in [0.15, 0.2) is 21.8 Å². The average molecular weight is 136 g/mol. The number of nitrogens with zero attached hydrogens (tertiary/aromatic N) is 3. The Morgan fingerprint density at radius 1 is 1.70 bits per heavy atom.